The van der Waals surface area contributed by atoms with Gasteiger partial charge in [-0.1, -0.05) is 0 Å². The molecule has 1 atom stereocenters. The van der Waals surface area contributed by atoms with E-state index < -0.39 is 18.0 Å². The quantitative estimate of drug-likeness (QED) is 0.625. The topological polar surface area (TPSA) is 101 Å². The van der Waals surface area contributed by atoms with Crippen molar-refractivity contribution in [3.05, 3.63) is 0 Å². The molecule has 0 aliphatic rings. The second kappa shape index (κ2) is 6.31. The first kappa shape index (κ1) is 13.2. The van der Waals surface area contributed by atoms with E-state index in [9.17, 15) is 9.59 Å². The molecule has 0 amide bonds. The average Bonchev–Trinajstić information content (AvgIpc) is 1.82. The van der Waals surface area contributed by atoms with E-state index in [0.717, 1.165) is 0 Å². The van der Waals surface area contributed by atoms with E-state index in [-0.39, 0.29) is 33.9 Å². The number of hydrogen-bond donors (Lipinski definition) is 3. The maximum Gasteiger partial charge on any atom is 0.320 e. The maximum absolute atomic E-state index is 9.99. The molecule has 0 aromatic rings. The minimum atomic E-state index is -1.17. The predicted octanol–water partition coefficient (Wildman–Crippen LogP) is -0.739. The van der Waals surface area contributed by atoms with Crippen molar-refractivity contribution in [2.75, 3.05) is 0 Å². The Morgan fingerprint density at radius 2 is 1.82 bits per heavy atom. The van der Waals surface area contributed by atoms with E-state index >= 15 is 0 Å². The average molecular weight is 342 g/mol. The first-order valence-corrected chi connectivity index (χ1v) is 2.74. The van der Waals surface area contributed by atoms with Gasteiger partial charge in [0.25, 0.3) is 0 Å². The Hall–Kier alpha value is -0.412. The molecular formula is C5H9NO4Pt. The molecule has 0 saturated carbocycles. The molecule has 0 saturated heterocycles. The Morgan fingerprint density at radius 3 is 2.09 bits per heavy atom. The van der Waals surface area contributed by atoms with Crippen LogP contribution in [0.3, 0.4) is 0 Å². The van der Waals surface area contributed by atoms with Crippen LogP contribution >= 0.6 is 0 Å². The molecule has 0 radical (unpaired) electrons. The van der Waals surface area contributed by atoms with Gasteiger partial charge in [-0.15, -0.1) is 0 Å². The van der Waals surface area contributed by atoms with Gasteiger partial charge < -0.3 is 15.9 Å². The second-order valence-corrected chi connectivity index (χ2v) is 1.88. The number of carboxylic acid groups (broad SMARTS) is 2. The molecule has 4 N–H and O–H groups in total. The van der Waals surface area contributed by atoms with Gasteiger partial charge in [0, 0.05) is 27.5 Å². The summed E-state index contributed by atoms with van der Waals surface area (Å²) in [5.74, 6) is -2.20. The minimum Gasteiger partial charge on any atom is -0.481 e. The van der Waals surface area contributed by atoms with E-state index in [1.54, 1.807) is 0 Å². The molecule has 0 unspecified atom stereocenters. The van der Waals surface area contributed by atoms with E-state index in [4.69, 9.17) is 15.9 Å². The first-order valence-electron chi connectivity index (χ1n) is 2.74. The van der Waals surface area contributed by atoms with Gasteiger partial charge in [0.1, 0.15) is 6.04 Å². The van der Waals surface area contributed by atoms with Gasteiger partial charge in [0.2, 0.25) is 0 Å². The van der Waals surface area contributed by atoms with Crippen molar-refractivity contribution < 1.29 is 40.9 Å². The Morgan fingerprint density at radius 1 is 1.36 bits per heavy atom. The Balaban J connectivity index is 0. The van der Waals surface area contributed by atoms with Gasteiger partial charge in [0.15, 0.2) is 0 Å². The van der Waals surface area contributed by atoms with Gasteiger partial charge in [-0.2, -0.15) is 0 Å². The number of aliphatic carboxylic acids is 2. The van der Waals surface area contributed by atoms with Crippen LogP contribution in [-0.4, -0.2) is 28.2 Å². The number of hydrogen-bond acceptors (Lipinski definition) is 3. The summed E-state index contributed by atoms with van der Waals surface area (Å²) in [6.07, 6.45) is -0.224. The molecule has 0 aliphatic carbocycles. The summed E-state index contributed by atoms with van der Waals surface area (Å²) in [5.41, 5.74) is 5.00. The molecule has 6 heteroatoms. The fourth-order valence-electron chi connectivity index (χ4n) is 0.402. The van der Waals surface area contributed by atoms with Gasteiger partial charge >= 0.3 is 11.9 Å². The van der Waals surface area contributed by atoms with Crippen LogP contribution < -0.4 is 5.73 Å². The van der Waals surface area contributed by atoms with Crippen molar-refractivity contribution in [2.45, 2.75) is 18.9 Å². The number of nitrogens with two attached hydrogens (primary N) is 1. The summed E-state index contributed by atoms with van der Waals surface area (Å²) < 4.78 is 0. The van der Waals surface area contributed by atoms with Crippen molar-refractivity contribution in [3.63, 3.8) is 0 Å². The van der Waals surface area contributed by atoms with Crippen LogP contribution in [0.15, 0.2) is 0 Å². The molecule has 5 nitrogen and oxygen atoms in total. The van der Waals surface area contributed by atoms with Crippen molar-refractivity contribution >= 4 is 11.9 Å². The largest absolute Gasteiger partial charge is 0.481 e. The Bertz CT molecular complexity index is 149. The molecule has 0 spiro atoms. The van der Waals surface area contributed by atoms with Crippen LogP contribution in [0, 0.1) is 0 Å². The third kappa shape index (κ3) is 7.49. The minimum absolute atomic E-state index is 0. The van der Waals surface area contributed by atoms with E-state index in [0.29, 0.717) is 0 Å². The van der Waals surface area contributed by atoms with Crippen molar-refractivity contribution in [1.29, 1.82) is 0 Å². The molecule has 0 fully saturated rings. The fraction of sp³-hybridized carbons (Fsp3) is 0.600. The second-order valence-electron chi connectivity index (χ2n) is 1.88. The van der Waals surface area contributed by atoms with Gasteiger partial charge in [-0.3, -0.25) is 9.59 Å². The molecule has 0 aromatic heterocycles. The van der Waals surface area contributed by atoms with Gasteiger partial charge in [-0.25, -0.2) is 0 Å². The molecule has 0 heterocycles. The zero-order valence-corrected chi connectivity index (χ0v) is 7.87. The Labute approximate surface area is 77.8 Å². The van der Waals surface area contributed by atoms with Crippen LogP contribution in [0.5, 0.6) is 0 Å². The summed E-state index contributed by atoms with van der Waals surface area (Å²) in [4.78, 5) is 19.9. The molecule has 68 valence electrons. The monoisotopic (exact) mass is 342 g/mol. The zero-order chi connectivity index (χ0) is 8.15. The predicted molar refractivity (Wildman–Crippen MR) is 32.5 cm³/mol. The SMILES string of the molecule is N[C@H](CCC(=O)O)C(=O)O.[Pt]. The molecule has 0 aliphatic heterocycles. The van der Waals surface area contributed by atoms with Gasteiger partial charge in [-0.05, 0) is 6.42 Å². The van der Waals surface area contributed by atoms with Crippen LogP contribution in [0.2, 0.25) is 0 Å². The van der Waals surface area contributed by atoms with Gasteiger partial charge in [0.05, 0.1) is 0 Å². The molecular weight excluding hydrogens is 333 g/mol. The van der Waals surface area contributed by atoms with E-state index in [1.165, 1.54) is 0 Å². The summed E-state index contributed by atoms with van der Waals surface area (Å²) >= 11 is 0. The van der Waals surface area contributed by atoms with Crippen LogP contribution in [-0.2, 0) is 30.7 Å². The smallest absolute Gasteiger partial charge is 0.320 e. The standard InChI is InChI=1S/C5H9NO4.Pt/c6-3(5(9)10)1-2-4(7)8;/h3H,1-2,6H2,(H,7,8)(H,9,10);/t3-;/m1./s1. The molecule has 0 rings (SSSR count). The summed E-state index contributed by atoms with van der Waals surface area (Å²) in [7, 11) is 0. The Kier molecular flexibility index (Phi) is 7.57. The summed E-state index contributed by atoms with van der Waals surface area (Å²) in [6.45, 7) is 0. The number of rotatable bonds is 4. The summed E-state index contributed by atoms with van der Waals surface area (Å²) in [5, 5.41) is 16.3. The number of carbonyl (C=O) groups is 2. The maximum atomic E-state index is 9.99. The van der Waals surface area contributed by atoms with Crippen molar-refractivity contribution in [2.24, 2.45) is 5.73 Å². The van der Waals surface area contributed by atoms with Crippen LogP contribution in [0.25, 0.3) is 0 Å². The van der Waals surface area contributed by atoms with Crippen LogP contribution in [0.1, 0.15) is 12.8 Å². The van der Waals surface area contributed by atoms with Crippen LogP contribution in [0.4, 0.5) is 0 Å². The normalized spacial score (nSPS) is 11.4. The van der Waals surface area contributed by atoms with Crippen molar-refractivity contribution in [1.82, 2.24) is 0 Å². The van der Waals surface area contributed by atoms with Crippen molar-refractivity contribution in [3.8, 4) is 0 Å². The first-order chi connectivity index (χ1) is 4.54. The van der Waals surface area contributed by atoms with E-state index in [1.807, 2.05) is 0 Å². The third-order valence-electron chi connectivity index (χ3n) is 0.986. The zero-order valence-electron chi connectivity index (χ0n) is 5.60. The molecule has 0 bridgehead atoms. The number of carboxylic acids is 2. The third-order valence-corrected chi connectivity index (χ3v) is 0.986. The van der Waals surface area contributed by atoms with E-state index in [2.05, 4.69) is 0 Å². The summed E-state index contributed by atoms with van der Waals surface area (Å²) in [6, 6.07) is -1.06. The molecule has 11 heavy (non-hydrogen) atoms. The molecule has 0 aromatic carbocycles. The fourth-order valence-corrected chi connectivity index (χ4v) is 0.402.